The number of anilines is 2. The summed E-state index contributed by atoms with van der Waals surface area (Å²) in [5.41, 5.74) is 2.25. The number of hydrogen-bond acceptors (Lipinski definition) is 6. The topological polar surface area (TPSA) is 108 Å². The van der Waals surface area contributed by atoms with Crippen molar-refractivity contribution in [1.82, 2.24) is 20.2 Å². The number of likely N-dealkylation sites (tertiary alicyclic amines) is 1. The molecule has 1 saturated carbocycles. The van der Waals surface area contributed by atoms with Gasteiger partial charge in [-0.2, -0.15) is 0 Å². The fraction of sp³-hybridized carbons (Fsp3) is 0.438. The smallest absolute Gasteiger partial charge is 0.323 e. The first-order valence-electron chi connectivity index (χ1n) is 14.7. The average Bonchev–Trinajstić information content (AvgIpc) is 3.73. The first-order valence-corrected chi connectivity index (χ1v) is 15.1. The highest BCUT2D eigenvalue weighted by atomic mass is 35.5. The van der Waals surface area contributed by atoms with E-state index >= 15 is 4.39 Å². The molecule has 5 rings (SSSR count). The lowest BCUT2D eigenvalue weighted by atomic mass is 9.78. The van der Waals surface area contributed by atoms with Crippen LogP contribution in [0.5, 0.6) is 0 Å². The van der Waals surface area contributed by atoms with Crippen molar-refractivity contribution in [3.8, 4) is 0 Å². The predicted octanol–water partition coefficient (Wildman–Crippen LogP) is 5.88. The number of ether oxygens (including phenoxy) is 1. The van der Waals surface area contributed by atoms with Gasteiger partial charge in [0.15, 0.2) is 0 Å². The van der Waals surface area contributed by atoms with Crippen molar-refractivity contribution < 1.29 is 18.7 Å². The molecule has 2 aromatic heterocycles. The molecule has 0 bridgehead atoms. The van der Waals surface area contributed by atoms with E-state index in [9.17, 15) is 9.59 Å². The van der Waals surface area contributed by atoms with Crippen molar-refractivity contribution in [2.24, 2.45) is 5.92 Å². The molecule has 2 fully saturated rings. The molecule has 1 aliphatic carbocycles. The molecule has 0 spiro atoms. The average molecular weight is 609 g/mol. The Bertz CT molecular complexity index is 1450. The molecule has 11 heteroatoms. The molecule has 1 aromatic carbocycles. The Labute approximate surface area is 256 Å². The number of halogens is 2. The van der Waals surface area contributed by atoms with Gasteiger partial charge in [-0.15, -0.1) is 0 Å². The zero-order valence-corrected chi connectivity index (χ0v) is 25.5. The van der Waals surface area contributed by atoms with E-state index in [0.717, 1.165) is 29.7 Å². The van der Waals surface area contributed by atoms with Gasteiger partial charge in [0.1, 0.15) is 17.7 Å². The van der Waals surface area contributed by atoms with Crippen LogP contribution >= 0.6 is 11.6 Å². The number of carbonyl (C=O) groups excluding carboxylic acids is 2. The molecule has 3 aromatic rings. The summed E-state index contributed by atoms with van der Waals surface area (Å²) in [4.78, 5) is 36.7. The van der Waals surface area contributed by atoms with E-state index in [0.29, 0.717) is 23.3 Å². The maximum Gasteiger partial charge on any atom is 0.323 e. The van der Waals surface area contributed by atoms with E-state index < -0.39 is 29.3 Å². The molecule has 3 amide bonds. The van der Waals surface area contributed by atoms with E-state index in [1.807, 2.05) is 13.0 Å². The molecule has 0 radical (unpaired) electrons. The third-order valence-corrected chi connectivity index (χ3v) is 8.56. The van der Waals surface area contributed by atoms with E-state index in [2.05, 4.69) is 38.9 Å². The van der Waals surface area contributed by atoms with E-state index in [-0.39, 0.29) is 24.8 Å². The van der Waals surface area contributed by atoms with Crippen LogP contribution in [0.4, 0.5) is 20.7 Å². The van der Waals surface area contributed by atoms with Gasteiger partial charge < -0.3 is 20.3 Å². The molecule has 9 nitrogen and oxygen atoms in total. The Morgan fingerprint density at radius 2 is 1.91 bits per heavy atom. The summed E-state index contributed by atoms with van der Waals surface area (Å²) in [7, 11) is 1.54. The Hall–Kier alpha value is -3.60. The number of methoxy groups -OCH3 is 1. The highest BCUT2D eigenvalue weighted by molar-refractivity contribution is 6.30. The van der Waals surface area contributed by atoms with Crippen molar-refractivity contribution >= 4 is 35.0 Å². The summed E-state index contributed by atoms with van der Waals surface area (Å²) >= 11 is 5.91. The molecule has 3 unspecified atom stereocenters. The zero-order chi connectivity index (χ0) is 30.6. The predicted molar refractivity (Wildman–Crippen MR) is 165 cm³/mol. The summed E-state index contributed by atoms with van der Waals surface area (Å²) < 4.78 is 20.8. The van der Waals surface area contributed by atoms with Gasteiger partial charge in [-0.05, 0) is 79.8 Å². The number of nitrogens with one attached hydrogen (secondary N) is 3. The molecule has 43 heavy (non-hydrogen) atoms. The monoisotopic (exact) mass is 608 g/mol. The summed E-state index contributed by atoms with van der Waals surface area (Å²) in [5, 5.41) is 9.62. The maximum absolute atomic E-state index is 15.3. The number of hydrogen-bond donors (Lipinski definition) is 3. The molecular weight excluding hydrogens is 571 g/mol. The molecule has 228 valence electrons. The van der Waals surface area contributed by atoms with Gasteiger partial charge in [-0.25, -0.2) is 14.2 Å². The molecule has 1 aliphatic heterocycles. The first kappa shape index (κ1) is 30.8. The number of benzene rings is 1. The van der Waals surface area contributed by atoms with Crippen LogP contribution in [0.3, 0.4) is 0 Å². The van der Waals surface area contributed by atoms with Gasteiger partial charge in [0, 0.05) is 38.2 Å². The Morgan fingerprint density at radius 1 is 1.12 bits per heavy atom. The number of amides is 3. The molecule has 2 aliphatic rings. The number of nitrogens with zero attached hydrogens (tertiary/aromatic N) is 3. The quantitative estimate of drug-likeness (QED) is 0.251. The zero-order valence-electron chi connectivity index (χ0n) is 24.7. The summed E-state index contributed by atoms with van der Waals surface area (Å²) in [6.07, 6.45) is 7.43. The number of aromatic nitrogens is 2. The van der Waals surface area contributed by atoms with Crippen LogP contribution in [0.25, 0.3) is 0 Å². The second-order valence-corrected chi connectivity index (χ2v) is 11.8. The number of urea groups is 1. The van der Waals surface area contributed by atoms with Crippen molar-refractivity contribution in [2.45, 2.75) is 63.6 Å². The van der Waals surface area contributed by atoms with Crippen LogP contribution < -0.4 is 16.0 Å². The first-order chi connectivity index (χ1) is 20.7. The van der Waals surface area contributed by atoms with Crippen molar-refractivity contribution in [2.75, 3.05) is 30.8 Å². The minimum atomic E-state index is -0.878. The fourth-order valence-corrected chi connectivity index (χ4v) is 5.97. The fourth-order valence-electron chi connectivity index (χ4n) is 5.86. The number of carbonyl (C=O) groups is 2. The van der Waals surface area contributed by atoms with E-state index in [1.54, 1.807) is 30.5 Å². The van der Waals surface area contributed by atoms with Crippen LogP contribution in [0, 0.1) is 18.7 Å². The van der Waals surface area contributed by atoms with E-state index in [4.69, 9.17) is 16.3 Å². The lowest BCUT2D eigenvalue weighted by molar-refractivity contribution is -0.119. The summed E-state index contributed by atoms with van der Waals surface area (Å²) in [6.45, 7) is 4.90. The number of pyridine rings is 2. The van der Waals surface area contributed by atoms with Gasteiger partial charge in [0.25, 0.3) is 0 Å². The third-order valence-electron chi connectivity index (χ3n) is 8.33. The van der Waals surface area contributed by atoms with Crippen LogP contribution in [0.15, 0.2) is 54.9 Å². The van der Waals surface area contributed by atoms with Crippen molar-refractivity contribution in [3.63, 3.8) is 0 Å². The molecular formula is C32H38ClFN6O3. The number of rotatable bonds is 11. The minimum Gasteiger partial charge on any atom is -0.380 e. The Kier molecular flexibility index (Phi) is 9.59. The van der Waals surface area contributed by atoms with E-state index in [1.165, 1.54) is 37.1 Å². The second kappa shape index (κ2) is 13.4. The standard InChI is InChI=1S/C32H38ClFN6O3/c1-4-37-32(13-11-21-5-6-21,23-12-14-35-20(2)15-23)22-7-9-26(34)27(16-22)38-30(41)28-17-25(43-3)19-40(28)31(42)39-29-10-8-24(33)18-36-29/h7-10,12,14-16,18,21,25,28,37H,4-6,11,13,17,19H2,1-3H3,(H,38,41)(H,36,39,42). The molecule has 3 heterocycles. The van der Waals surface area contributed by atoms with Gasteiger partial charge in [0.2, 0.25) is 5.91 Å². The Morgan fingerprint density at radius 3 is 2.58 bits per heavy atom. The van der Waals surface area contributed by atoms with Crippen molar-refractivity contribution in [3.05, 3.63) is 82.5 Å². The van der Waals surface area contributed by atoms with Gasteiger partial charge >= 0.3 is 6.03 Å². The lowest BCUT2D eigenvalue weighted by Crippen LogP contribution is -2.45. The van der Waals surface area contributed by atoms with Gasteiger partial charge in [0.05, 0.1) is 22.4 Å². The molecule has 3 atom stereocenters. The lowest BCUT2D eigenvalue weighted by Gasteiger charge is -2.37. The third kappa shape index (κ3) is 7.14. The van der Waals surface area contributed by atoms with Crippen LogP contribution in [0.2, 0.25) is 5.02 Å². The summed E-state index contributed by atoms with van der Waals surface area (Å²) in [6, 6.07) is 10.7. The Balaban J connectivity index is 1.42. The van der Waals surface area contributed by atoms with Crippen LogP contribution in [-0.2, 0) is 15.1 Å². The highest BCUT2D eigenvalue weighted by Crippen LogP contribution is 2.42. The maximum atomic E-state index is 15.3. The minimum absolute atomic E-state index is 0.0579. The normalized spacial score (nSPS) is 19.6. The second-order valence-electron chi connectivity index (χ2n) is 11.3. The van der Waals surface area contributed by atoms with Crippen LogP contribution in [0.1, 0.15) is 55.8 Å². The van der Waals surface area contributed by atoms with Crippen LogP contribution in [-0.4, -0.2) is 59.2 Å². The van der Waals surface area contributed by atoms with Crippen molar-refractivity contribution in [1.29, 1.82) is 0 Å². The highest BCUT2D eigenvalue weighted by Gasteiger charge is 2.41. The van der Waals surface area contributed by atoms with Gasteiger partial charge in [-0.1, -0.05) is 37.4 Å². The summed E-state index contributed by atoms with van der Waals surface area (Å²) in [5.74, 6) is -0.0674. The largest absolute Gasteiger partial charge is 0.380 e. The molecule has 3 N–H and O–H groups in total. The van der Waals surface area contributed by atoms with Gasteiger partial charge in [-0.3, -0.25) is 15.1 Å². The number of aryl methyl sites for hydroxylation is 1. The molecule has 1 saturated heterocycles. The SMILES string of the molecule is CCNC(CCC1CC1)(c1ccnc(C)c1)c1ccc(F)c(NC(=O)C2CC(OC)CN2C(=O)Nc2ccc(Cl)cn2)c1.